The Hall–Kier alpha value is -3.40. The number of benzene rings is 1. The van der Waals surface area contributed by atoms with Crippen LogP contribution in [0, 0.1) is 12.7 Å². The molecule has 9 nitrogen and oxygen atoms in total. The molecule has 0 bridgehead atoms. The molecule has 10 heteroatoms. The van der Waals surface area contributed by atoms with Crippen molar-refractivity contribution in [3.8, 4) is 5.75 Å². The minimum atomic E-state index is -0.668. The summed E-state index contributed by atoms with van der Waals surface area (Å²) in [5.41, 5.74) is 2.14. The fourth-order valence-corrected chi connectivity index (χ4v) is 3.03. The van der Waals surface area contributed by atoms with Gasteiger partial charge < -0.3 is 24.8 Å². The SMILES string of the molecule is COC(=O)C1=C(Nc2ccc(OCc3cnn(C)c3C)c(F)c2)C(=O)N(CCO)C1. The number of anilines is 1. The maximum absolute atomic E-state index is 14.5. The van der Waals surface area contributed by atoms with Gasteiger partial charge in [-0.2, -0.15) is 5.10 Å². The first-order valence-corrected chi connectivity index (χ1v) is 9.24. The molecule has 1 aliphatic rings. The molecule has 0 unspecified atom stereocenters. The van der Waals surface area contributed by atoms with Crippen molar-refractivity contribution in [1.29, 1.82) is 0 Å². The molecular weight excluding hydrogens is 395 g/mol. The number of carbonyl (C=O) groups is 2. The second-order valence-corrected chi connectivity index (χ2v) is 6.73. The summed E-state index contributed by atoms with van der Waals surface area (Å²) in [6.07, 6.45) is 1.66. The fourth-order valence-electron chi connectivity index (χ4n) is 3.03. The lowest BCUT2D eigenvalue weighted by molar-refractivity contribution is -0.136. The molecule has 2 aromatic rings. The number of esters is 1. The molecule has 0 saturated carbocycles. The van der Waals surface area contributed by atoms with Gasteiger partial charge in [-0.3, -0.25) is 9.48 Å². The van der Waals surface area contributed by atoms with Crippen molar-refractivity contribution in [2.75, 3.05) is 32.1 Å². The third-order valence-electron chi connectivity index (χ3n) is 4.87. The highest BCUT2D eigenvalue weighted by molar-refractivity contribution is 6.08. The number of amides is 1. The summed E-state index contributed by atoms with van der Waals surface area (Å²) in [6, 6.07) is 4.15. The summed E-state index contributed by atoms with van der Waals surface area (Å²) in [5, 5.41) is 16.0. The van der Waals surface area contributed by atoms with E-state index in [9.17, 15) is 14.0 Å². The van der Waals surface area contributed by atoms with Crippen molar-refractivity contribution in [3.05, 3.63) is 52.7 Å². The molecule has 1 aliphatic heterocycles. The van der Waals surface area contributed by atoms with Crippen LogP contribution in [0.3, 0.4) is 0 Å². The predicted molar refractivity (Wildman–Crippen MR) is 105 cm³/mol. The number of nitrogens with one attached hydrogen (secondary N) is 1. The Kier molecular flexibility index (Phi) is 6.36. The number of β-amino-alcohol motifs (C(OH)–C–C–N with tert-alkyl or cyclic N) is 1. The van der Waals surface area contributed by atoms with Crippen molar-refractivity contribution >= 4 is 17.6 Å². The Bertz CT molecular complexity index is 1000. The molecule has 0 radical (unpaired) electrons. The van der Waals surface area contributed by atoms with Crippen LogP contribution >= 0.6 is 0 Å². The van der Waals surface area contributed by atoms with Crippen LogP contribution < -0.4 is 10.1 Å². The number of ether oxygens (including phenoxy) is 2. The molecule has 1 amide bonds. The Morgan fingerprint density at radius 1 is 1.40 bits per heavy atom. The average molecular weight is 418 g/mol. The lowest BCUT2D eigenvalue weighted by Crippen LogP contribution is -2.31. The summed E-state index contributed by atoms with van der Waals surface area (Å²) >= 11 is 0. The molecular formula is C20H23FN4O5. The fraction of sp³-hybridized carbons (Fsp3) is 0.350. The maximum atomic E-state index is 14.5. The highest BCUT2D eigenvalue weighted by Crippen LogP contribution is 2.26. The first-order valence-electron chi connectivity index (χ1n) is 9.24. The second-order valence-electron chi connectivity index (χ2n) is 6.73. The minimum absolute atomic E-state index is 0.00252. The number of hydrogen-bond donors (Lipinski definition) is 2. The van der Waals surface area contributed by atoms with Crippen molar-refractivity contribution in [1.82, 2.24) is 14.7 Å². The van der Waals surface area contributed by atoms with Crippen molar-refractivity contribution < 1.29 is 28.6 Å². The Morgan fingerprint density at radius 3 is 2.77 bits per heavy atom. The summed E-state index contributed by atoms with van der Waals surface area (Å²) in [6.45, 7) is 1.88. The third-order valence-corrected chi connectivity index (χ3v) is 4.87. The van der Waals surface area contributed by atoms with Gasteiger partial charge in [-0.25, -0.2) is 9.18 Å². The molecule has 160 valence electrons. The number of aryl methyl sites for hydroxylation is 1. The van der Waals surface area contributed by atoms with Gasteiger partial charge >= 0.3 is 5.97 Å². The lowest BCUT2D eigenvalue weighted by atomic mass is 10.2. The smallest absolute Gasteiger partial charge is 0.337 e. The normalized spacial score (nSPS) is 13.8. The van der Waals surface area contributed by atoms with Gasteiger partial charge in [0, 0.05) is 36.6 Å². The van der Waals surface area contributed by atoms with Crippen molar-refractivity contribution in [2.24, 2.45) is 7.05 Å². The molecule has 0 fully saturated rings. The zero-order chi connectivity index (χ0) is 21.8. The highest BCUT2D eigenvalue weighted by Gasteiger charge is 2.34. The van der Waals surface area contributed by atoms with Gasteiger partial charge in [-0.15, -0.1) is 0 Å². The minimum Gasteiger partial charge on any atom is -0.486 e. The van der Waals surface area contributed by atoms with Crippen LogP contribution in [0.15, 0.2) is 35.7 Å². The van der Waals surface area contributed by atoms with Gasteiger partial charge in [-0.05, 0) is 19.1 Å². The first-order chi connectivity index (χ1) is 14.3. The van der Waals surface area contributed by atoms with Crippen LogP contribution in [0.25, 0.3) is 0 Å². The molecule has 2 N–H and O–H groups in total. The number of hydrogen-bond acceptors (Lipinski definition) is 7. The predicted octanol–water partition coefficient (Wildman–Crippen LogP) is 1.12. The number of rotatable bonds is 8. The highest BCUT2D eigenvalue weighted by atomic mass is 19.1. The van der Waals surface area contributed by atoms with Crippen LogP contribution in [0.5, 0.6) is 5.75 Å². The van der Waals surface area contributed by atoms with Gasteiger partial charge in [0.15, 0.2) is 11.6 Å². The molecule has 0 spiro atoms. The largest absolute Gasteiger partial charge is 0.486 e. The molecule has 1 aromatic heterocycles. The van der Waals surface area contributed by atoms with Gasteiger partial charge in [0.1, 0.15) is 12.3 Å². The molecule has 0 aliphatic carbocycles. The lowest BCUT2D eigenvalue weighted by Gasteiger charge is -2.15. The van der Waals surface area contributed by atoms with E-state index in [-0.39, 0.29) is 49.0 Å². The van der Waals surface area contributed by atoms with Crippen LogP contribution in [0.2, 0.25) is 0 Å². The van der Waals surface area contributed by atoms with Crippen LogP contribution in [0.4, 0.5) is 10.1 Å². The van der Waals surface area contributed by atoms with Crippen molar-refractivity contribution in [3.63, 3.8) is 0 Å². The van der Waals surface area contributed by atoms with Crippen LogP contribution in [-0.2, 0) is 28.0 Å². The van der Waals surface area contributed by atoms with Crippen LogP contribution in [0.1, 0.15) is 11.3 Å². The summed E-state index contributed by atoms with van der Waals surface area (Å²) in [5.74, 6) is -1.72. The van der Waals surface area contributed by atoms with E-state index in [1.54, 1.807) is 16.9 Å². The quantitative estimate of drug-likeness (QED) is 0.619. The topological polar surface area (TPSA) is 106 Å². The van der Waals surface area contributed by atoms with Gasteiger partial charge in [0.25, 0.3) is 5.91 Å². The Morgan fingerprint density at radius 2 is 2.17 bits per heavy atom. The number of nitrogens with zero attached hydrogens (tertiary/aromatic N) is 3. The number of aliphatic hydroxyl groups excluding tert-OH is 1. The summed E-state index contributed by atoms with van der Waals surface area (Å²) in [7, 11) is 3.02. The molecule has 1 aromatic carbocycles. The van der Waals surface area contributed by atoms with E-state index in [0.29, 0.717) is 0 Å². The number of aliphatic hydroxyl groups is 1. The molecule has 3 rings (SSSR count). The Balaban J connectivity index is 1.76. The van der Waals surface area contributed by atoms with E-state index < -0.39 is 17.7 Å². The standard InChI is InChI=1S/C20H23FN4O5/c1-12-13(9-22-24(12)2)11-30-17-5-4-14(8-16(17)21)23-18-15(20(28)29-3)10-25(6-7-26)19(18)27/h4-5,8-9,23,26H,6-7,10-11H2,1-3H3. The van der Waals surface area contributed by atoms with E-state index in [4.69, 9.17) is 14.6 Å². The second kappa shape index (κ2) is 8.95. The summed E-state index contributed by atoms with van der Waals surface area (Å²) < 4.78 is 26.5. The van der Waals surface area contributed by atoms with E-state index in [0.717, 1.165) is 11.3 Å². The third kappa shape index (κ3) is 4.28. The van der Waals surface area contributed by atoms with E-state index in [1.807, 2.05) is 14.0 Å². The van der Waals surface area contributed by atoms with E-state index >= 15 is 0 Å². The van der Waals surface area contributed by atoms with E-state index in [1.165, 1.54) is 24.1 Å². The number of methoxy groups -OCH3 is 1. The van der Waals surface area contributed by atoms with Gasteiger partial charge in [0.05, 0.1) is 32.0 Å². The zero-order valence-corrected chi connectivity index (χ0v) is 16.9. The first kappa shape index (κ1) is 21.3. The van der Waals surface area contributed by atoms with Crippen LogP contribution in [-0.4, -0.2) is 58.5 Å². The molecule has 0 atom stereocenters. The zero-order valence-electron chi connectivity index (χ0n) is 16.9. The van der Waals surface area contributed by atoms with Gasteiger partial charge in [-0.1, -0.05) is 0 Å². The van der Waals surface area contributed by atoms with E-state index in [2.05, 4.69) is 10.4 Å². The maximum Gasteiger partial charge on any atom is 0.337 e. The number of halogens is 1. The monoisotopic (exact) mass is 418 g/mol. The average Bonchev–Trinajstić information content (AvgIpc) is 3.21. The number of aromatic nitrogens is 2. The summed E-state index contributed by atoms with van der Waals surface area (Å²) in [4.78, 5) is 25.9. The molecule has 2 heterocycles. The van der Waals surface area contributed by atoms with Gasteiger partial charge in [0.2, 0.25) is 0 Å². The number of carbonyl (C=O) groups excluding carboxylic acids is 2. The van der Waals surface area contributed by atoms with Crippen molar-refractivity contribution in [2.45, 2.75) is 13.5 Å². The molecule has 30 heavy (non-hydrogen) atoms. The molecule has 0 saturated heterocycles. The Labute approximate surface area is 172 Å².